The third-order valence-corrected chi connectivity index (χ3v) is 3.65. The fourth-order valence-corrected chi connectivity index (χ4v) is 2.35. The van der Waals surface area contributed by atoms with E-state index in [1.807, 2.05) is 18.2 Å². The van der Waals surface area contributed by atoms with Gasteiger partial charge in [-0.15, -0.1) is 0 Å². The quantitative estimate of drug-likeness (QED) is 0.796. The van der Waals surface area contributed by atoms with Gasteiger partial charge in [0.1, 0.15) is 0 Å². The van der Waals surface area contributed by atoms with Crippen LogP contribution in [0.1, 0.15) is 44.3 Å². The molecule has 2 fully saturated rings. The lowest BCUT2D eigenvalue weighted by molar-refractivity contribution is -0.135. The number of hydrogen-bond donors (Lipinski definition) is 0. The zero-order valence-corrected chi connectivity index (χ0v) is 10.2. The highest BCUT2D eigenvalue weighted by molar-refractivity contribution is 5.82. The van der Waals surface area contributed by atoms with E-state index in [9.17, 15) is 4.79 Å². The van der Waals surface area contributed by atoms with E-state index in [2.05, 4.69) is 16.8 Å². The first-order chi connectivity index (χ1) is 8.27. The van der Waals surface area contributed by atoms with Crippen molar-refractivity contribution in [2.75, 3.05) is 0 Å². The maximum atomic E-state index is 12.3. The number of aromatic nitrogens is 1. The average Bonchev–Trinajstić information content (AvgIpc) is 3.21. The summed E-state index contributed by atoms with van der Waals surface area (Å²) in [5, 5.41) is 0. The van der Waals surface area contributed by atoms with Crippen LogP contribution in [0.2, 0.25) is 0 Å². The van der Waals surface area contributed by atoms with Crippen LogP contribution < -0.4 is 0 Å². The lowest BCUT2D eigenvalue weighted by atomic mass is 10.1. The van der Waals surface area contributed by atoms with Gasteiger partial charge in [-0.2, -0.15) is 0 Å². The summed E-state index contributed by atoms with van der Waals surface area (Å²) < 4.78 is 0. The highest BCUT2D eigenvalue weighted by Gasteiger charge is 2.42. The molecule has 1 amide bonds. The Kier molecular flexibility index (Phi) is 2.61. The first-order valence-corrected chi connectivity index (χ1v) is 6.50. The van der Waals surface area contributed by atoms with E-state index < -0.39 is 0 Å². The molecule has 2 aliphatic rings. The van der Waals surface area contributed by atoms with Gasteiger partial charge in [0.15, 0.2) is 0 Å². The minimum atomic E-state index is 0.122. The number of pyridine rings is 1. The summed E-state index contributed by atoms with van der Waals surface area (Å²) in [6, 6.07) is 6.52. The van der Waals surface area contributed by atoms with Crippen molar-refractivity contribution in [1.82, 2.24) is 9.88 Å². The summed E-state index contributed by atoms with van der Waals surface area (Å²) in [6.07, 6.45) is 6.29. The van der Waals surface area contributed by atoms with Crippen molar-refractivity contribution in [2.45, 2.75) is 44.7 Å². The second-order valence-corrected chi connectivity index (χ2v) is 5.18. The van der Waals surface area contributed by atoms with Gasteiger partial charge in [-0.3, -0.25) is 9.78 Å². The Balaban J connectivity index is 1.80. The molecule has 3 nitrogen and oxygen atoms in total. The van der Waals surface area contributed by atoms with E-state index in [1.54, 1.807) is 6.20 Å². The molecule has 3 rings (SSSR count). The highest BCUT2D eigenvalue weighted by atomic mass is 16.2. The first-order valence-electron chi connectivity index (χ1n) is 6.50. The molecule has 1 aromatic rings. The van der Waals surface area contributed by atoms with Crippen LogP contribution in [0.4, 0.5) is 0 Å². The van der Waals surface area contributed by atoms with Gasteiger partial charge in [0.25, 0.3) is 0 Å². The Hall–Kier alpha value is -1.38. The summed E-state index contributed by atoms with van der Waals surface area (Å²) in [6.45, 7) is 2.10. The number of carbonyl (C=O) groups excluding carboxylic acids is 1. The zero-order chi connectivity index (χ0) is 11.8. The van der Waals surface area contributed by atoms with Crippen molar-refractivity contribution < 1.29 is 4.79 Å². The lowest BCUT2D eigenvalue weighted by Gasteiger charge is -2.29. The number of carbonyl (C=O) groups is 1. The van der Waals surface area contributed by atoms with Crippen molar-refractivity contribution in [1.29, 1.82) is 0 Å². The molecule has 17 heavy (non-hydrogen) atoms. The standard InChI is InChI=1S/C14H18N2O/c1-10(13-4-2-3-9-15-13)16(12-7-8-12)14(17)11-5-6-11/h2-4,9-12H,5-8H2,1H3. The van der Waals surface area contributed by atoms with Crippen LogP contribution in [0.5, 0.6) is 0 Å². The summed E-state index contributed by atoms with van der Waals surface area (Å²) in [4.78, 5) is 18.8. The van der Waals surface area contributed by atoms with Crippen molar-refractivity contribution in [3.8, 4) is 0 Å². The van der Waals surface area contributed by atoms with Crippen molar-refractivity contribution >= 4 is 5.91 Å². The normalized spacial score (nSPS) is 21.0. The fraction of sp³-hybridized carbons (Fsp3) is 0.571. The molecule has 90 valence electrons. The van der Waals surface area contributed by atoms with Gasteiger partial charge in [0.2, 0.25) is 5.91 Å². The predicted molar refractivity (Wildman–Crippen MR) is 65.2 cm³/mol. The van der Waals surface area contributed by atoms with E-state index in [0.717, 1.165) is 31.4 Å². The van der Waals surface area contributed by atoms with Gasteiger partial charge in [0, 0.05) is 18.2 Å². The second kappa shape index (κ2) is 4.13. The molecule has 0 saturated heterocycles. The molecule has 0 aliphatic heterocycles. The molecule has 0 spiro atoms. The second-order valence-electron chi connectivity index (χ2n) is 5.18. The van der Waals surface area contributed by atoms with E-state index in [4.69, 9.17) is 0 Å². The third kappa shape index (κ3) is 2.19. The van der Waals surface area contributed by atoms with Gasteiger partial charge in [-0.25, -0.2) is 0 Å². The topological polar surface area (TPSA) is 33.2 Å². The third-order valence-electron chi connectivity index (χ3n) is 3.65. The molecular formula is C14H18N2O. The molecule has 0 radical (unpaired) electrons. The molecule has 1 aromatic heterocycles. The summed E-state index contributed by atoms with van der Waals surface area (Å²) >= 11 is 0. The number of nitrogens with zero attached hydrogens (tertiary/aromatic N) is 2. The summed E-state index contributed by atoms with van der Waals surface area (Å²) in [5.74, 6) is 0.660. The number of amides is 1. The van der Waals surface area contributed by atoms with Crippen LogP contribution in [0.15, 0.2) is 24.4 Å². The average molecular weight is 230 g/mol. The predicted octanol–water partition coefficient (Wildman–Crippen LogP) is 2.54. The number of hydrogen-bond acceptors (Lipinski definition) is 2. The Morgan fingerprint density at radius 3 is 2.65 bits per heavy atom. The Morgan fingerprint density at radius 2 is 2.12 bits per heavy atom. The van der Waals surface area contributed by atoms with Crippen LogP contribution in [0.3, 0.4) is 0 Å². The minimum Gasteiger partial charge on any atom is -0.331 e. The van der Waals surface area contributed by atoms with Crippen LogP contribution >= 0.6 is 0 Å². The van der Waals surface area contributed by atoms with Crippen molar-refractivity contribution in [2.24, 2.45) is 5.92 Å². The van der Waals surface area contributed by atoms with Gasteiger partial charge in [-0.1, -0.05) is 6.07 Å². The van der Waals surface area contributed by atoms with Crippen LogP contribution in [-0.2, 0) is 4.79 Å². The van der Waals surface area contributed by atoms with Crippen LogP contribution in [0.25, 0.3) is 0 Å². The minimum absolute atomic E-state index is 0.122. The maximum absolute atomic E-state index is 12.3. The zero-order valence-electron chi connectivity index (χ0n) is 10.2. The molecule has 1 atom stereocenters. The largest absolute Gasteiger partial charge is 0.331 e. The monoisotopic (exact) mass is 230 g/mol. The smallest absolute Gasteiger partial charge is 0.226 e. The molecule has 0 bridgehead atoms. The maximum Gasteiger partial charge on any atom is 0.226 e. The molecule has 1 heterocycles. The van der Waals surface area contributed by atoms with Crippen molar-refractivity contribution in [3.63, 3.8) is 0 Å². The van der Waals surface area contributed by atoms with Gasteiger partial charge >= 0.3 is 0 Å². The first kappa shape index (κ1) is 10.8. The van der Waals surface area contributed by atoms with Crippen LogP contribution in [-0.4, -0.2) is 21.8 Å². The Labute approximate surface area is 102 Å². The lowest BCUT2D eigenvalue weighted by Crippen LogP contribution is -2.36. The Morgan fingerprint density at radius 1 is 1.35 bits per heavy atom. The van der Waals surface area contributed by atoms with Crippen LogP contribution in [0, 0.1) is 5.92 Å². The molecule has 0 N–H and O–H groups in total. The summed E-state index contributed by atoms with van der Waals surface area (Å²) in [5.41, 5.74) is 1.01. The van der Waals surface area contributed by atoms with Gasteiger partial charge in [0.05, 0.1) is 11.7 Å². The molecule has 2 saturated carbocycles. The molecular weight excluding hydrogens is 212 g/mol. The van der Waals surface area contributed by atoms with E-state index in [-0.39, 0.29) is 6.04 Å². The Bertz CT molecular complexity index is 409. The summed E-state index contributed by atoms with van der Waals surface area (Å²) in [7, 11) is 0. The van der Waals surface area contributed by atoms with Gasteiger partial charge < -0.3 is 4.90 Å². The van der Waals surface area contributed by atoms with Gasteiger partial charge in [-0.05, 0) is 44.7 Å². The van der Waals surface area contributed by atoms with E-state index in [1.165, 1.54) is 0 Å². The highest BCUT2D eigenvalue weighted by Crippen LogP contribution is 2.40. The fourth-order valence-electron chi connectivity index (χ4n) is 2.35. The molecule has 0 aromatic carbocycles. The molecule has 1 unspecified atom stereocenters. The van der Waals surface area contributed by atoms with E-state index >= 15 is 0 Å². The van der Waals surface area contributed by atoms with E-state index in [0.29, 0.717) is 17.9 Å². The molecule has 2 aliphatic carbocycles. The number of rotatable bonds is 4. The SMILES string of the molecule is CC(c1ccccn1)N(C(=O)C1CC1)C1CC1. The van der Waals surface area contributed by atoms with Crippen molar-refractivity contribution in [3.05, 3.63) is 30.1 Å². The molecule has 3 heteroatoms.